The summed E-state index contributed by atoms with van der Waals surface area (Å²) in [6.07, 6.45) is 1.80. The topological polar surface area (TPSA) is 60.2 Å². The molecular weight excluding hydrogens is 334 g/mol. The predicted octanol–water partition coefficient (Wildman–Crippen LogP) is 4.71. The third-order valence-electron chi connectivity index (χ3n) is 3.71. The fourth-order valence-electron chi connectivity index (χ4n) is 2.43. The van der Waals surface area contributed by atoms with Gasteiger partial charge in [-0.1, -0.05) is 23.7 Å². The summed E-state index contributed by atoms with van der Waals surface area (Å²) in [5, 5.41) is 4.09. The number of aromatic nitrogens is 1. The standard InChI is InChI=1S/C20H20ClN3O/c1-14-10-16(13-23-12-15-2-6-18(22)7-3-15)20(24-11-14)25-19-8-4-17(21)5-9-19/h2-11,23H,12-13,22H2,1H3. The van der Waals surface area contributed by atoms with Gasteiger partial charge in [0.2, 0.25) is 5.88 Å². The van der Waals surface area contributed by atoms with Crippen LogP contribution in [0.25, 0.3) is 0 Å². The van der Waals surface area contributed by atoms with E-state index in [1.54, 1.807) is 18.3 Å². The Bertz CT molecular complexity index is 833. The highest BCUT2D eigenvalue weighted by molar-refractivity contribution is 6.30. The number of benzene rings is 2. The zero-order valence-corrected chi connectivity index (χ0v) is 14.8. The Balaban J connectivity index is 1.68. The van der Waals surface area contributed by atoms with Crippen LogP contribution in [0.5, 0.6) is 11.6 Å². The van der Waals surface area contributed by atoms with Crippen LogP contribution >= 0.6 is 11.6 Å². The molecule has 25 heavy (non-hydrogen) atoms. The van der Waals surface area contributed by atoms with Gasteiger partial charge in [0.05, 0.1) is 0 Å². The van der Waals surface area contributed by atoms with Gasteiger partial charge < -0.3 is 15.8 Å². The first-order chi connectivity index (χ1) is 12.1. The van der Waals surface area contributed by atoms with Crippen molar-refractivity contribution in [2.75, 3.05) is 5.73 Å². The van der Waals surface area contributed by atoms with Crippen LogP contribution in [0.1, 0.15) is 16.7 Å². The molecule has 0 spiro atoms. The van der Waals surface area contributed by atoms with Gasteiger partial charge in [-0.3, -0.25) is 0 Å². The third kappa shape index (κ3) is 4.95. The van der Waals surface area contributed by atoms with Crippen LogP contribution in [0, 0.1) is 6.92 Å². The van der Waals surface area contributed by atoms with E-state index in [2.05, 4.69) is 16.4 Å². The van der Waals surface area contributed by atoms with Crippen molar-refractivity contribution in [2.24, 2.45) is 0 Å². The molecule has 5 heteroatoms. The summed E-state index contributed by atoms with van der Waals surface area (Å²) in [5.41, 5.74) is 9.75. The van der Waals surface area contributed by atoms with Crippen LogP contribution in [0.3, 0.4) is 0 Å². The van der Waals surface area contributed by atoms with Crippen molar-refractivity contribution in [2.45, 2.75) is 20.0 Å². The summed E-state index contributed by atoms with van der Waals surface area (Å²) in [7, 11) is 0. The Morgan fingerprint density at radius 2 is 1.76 bits per heavy atom. The summed E-state index contributed by atoms with van der Waals surface area (Å²) in [6.45, 7) is 3.42. The maximum Gasteiger partial charge on any atom is 0.223 e. The summed E-state index contributed by atoms with van der Waals surface area (Å²) in [4.78, 5) is 4.42. The molecule has 3 N–H and O–H groups in total. The maximum absolute atomic E-state index is 5.91. The SMILES string of the molecule is Cc1cnc(Oc2ccc(Cl)cc2)c(CNCc2ccc(N)cc2)c1. The number of hydrogen-bond acceptors (Lipinski definition) is 4. The van der Waals surface area contributed by atoms with Crippen LogP contribution < -0.4 is 15.8 Å². The first-order valence-corrected chi connectivity index (χ1v) is 8.42. The van der Waals surface area contributed by atoms with E-state index in [0.717, 1.165) is 23.4 Å². The van der Waals surface area contributed by atoms with Gasteiger partial charge >= 0.3 is 0 Å². The van der Waals surface area contributed by atoms with Crippen molar-refractivity contribution in [3.8, 4) is 11.6 Å². The highest BCUT2D eigenvalue weighted by Gasteiger charge is 2.08. The van der Waals surface area contributed by atoms with Crippen LogP contribution in [0.4, 0.5) is 5.69 Å². The summed E-state index contributed by atoms with van der Waals surface area (Å²) < 4.78 is 5.91. The Morgan fingerprint density at radius 1 is 1.04 bits per heavy atom. The van der Waals surface area contributed by atoms with Crippen LogP contribution in [0.2, 0.25) is 5.02 Å². The molecule has 0 aliphatic carbocycles. The van der Waals surface area contributed by atoms with E-state index in [1.165, 1.54) is 5.56 Å². The number of anilines is 1. The molecule has 1 heterocycles. The minimum atomic E-state index is 0.595. The number of ether oxygens (including phenoxy) is 1. The van der Waals surface area contributed by atoms with Crippen molar-refractivity contribution in [1.29, 1.82) is 0 Å². The molecule has 0 aliphatic heterocycles. The van der Waals surface area contributed by atoms with Gasteiger partial charge in [-0.05, 0) is 60.5 Å². The molecule has 0 unspecified atom stereocenters. The lowest BCUT2D eigenvalue weighted by molar-refractivity contribution is 0.452. The molecule has 0 radical (unpaired) electrons. The van der Waals surface area contributed by atoms with E-state index in [0.29, 0.717) is 23.2 Å². The normalized spacial score (nSPS) is 10.6. The Hall–Kier alpha value is -2.56. The lowest BCUT2D eigenvalue weighted by atomic mass is 10.2. The quantitative estimate of drug-likeness (QED) is 0.630. The number of pyridine rings is 1. The molecule has 0 amide bonds. The van der Waals surface area contributed by atoms with Crippen molar-refractivity contribution < 1.29 is 4.74 Å². The van der Waals surface area contributed by atoms with Crippen molar-refractivity contribution in [3.05, 3.63) is 82.5 Å². The molecular formula is C20H20ClN3O. The van der Waals surface area contributed by atoms with E-state index in [1.807, 2.05) is 43.3 Å². The highest BCUT2D eigenvalue weighted by atomic mass is 35.5. The number of aryl methyl sites for hydroxylation is 1. The number of halogens is 1. The molecule has 1 aromatic heterocycles. The van der Waals surface area contributed by atoms with Gasteiger partial charge in [-0.25, -0.2) is 4.98 Å². The number of nitrogens with zero attached hydrogens (tertiary/aromatic N) is 1. The fraction of sp³-hybridized carbons (Fsp3) is 0.150. The first-order valence-electron chi connectivity index (χ1n) is 8.04. The van der Waals surface area contributed by atoms with Crippen molar-refractivity contribution in [3.63, 3.8) is 0 Å². The molecule has 3 rings (SSSR count). The largest absolute Gasteiger partial charge is 0.439 e. The minimum absolute atomic E-state index is 0.595. The van der Waals surface area contributed by atoms with Gasteiger partial charge in [-0.2, -0.15) is 0 Å². The minimum Gasteiger partial charge on any atom is -0.439 e. The van der Waals surface area contributed by atoms with Crippen LogP contribution in [-0.2, 0) is 13.1 Å². The Labute approximate surface area is 152 Å². The van der Waals surface area contributed by atoms with Gasteiger partial charge in [0.1, 0.15) is 5.75 Å². The average Bonchev–Trinajstić information content (AvgIpc) is 2.61. The molecule has 2 aromatic carbocycles. The van der Waals surface area contributed by atoms with Gasteiger partial charge in [0.15, 0.2) is 0 Å². The monoisotopic (exact) mass is 353 g/mol. The first kappa shape index (κ1) is 17.3. The highest BCUT2D eigenvalue weighted by Crippen LogP contribution is 2.25. The summed E-state index contributed by atoms with van der Waals surface area (Å²) >= 11 is 5.91. The second-order valence-electron chi connectivity index (χ2n) is 5.88. The fourth-order valence-corrected chi connectivity index (χ4v) is 2.55. The van der Waals surface area contributed by atoms with E-state index < -0.39 is 0 Å². The lowest BCUT2D eigenvalue weighted by Crippen LogP contribution is -2.14. The van der Waals surface area contributed by atoms with Crippen molar-refractivity contribution >= 4 is 17.3 Å². The third-order valence-corrected chi connectivity index (χ3v) is 3.97. The maximum atomic E-state index is 5.91. The zero-order valence-electron chi connectivity index (χ0n) is 14.0. The Kier molecular flexibility index (Phi) is 5.53. The van der Waals surface area contributed by atoms with Gasteiger partial charge in [0.25, 0.3) is 0 Å². The number of rotatable bonds is 6. The molecule has 128 valence electrons. The lowest BCUT2D eigenvalue weighted by Gasteiger charge is -2.12. The van der Waals surface area contributed by atoms with Gasteiger partial charge in [0, 0.05) is 35.6 Å². The summed E-state index contributed by atoms with van der Waals surface area (Å²) in [6, 6.07) is 17.2. The Morgan fingerprint density at radius 3 is 2.48 bits per heavy atom. The van der Waals surface area contributed by atoms with E-state index in [-0.39, 0.29) is 0 Å². The molecule has 4 nitrogen and oxygen atoms in total. The smallest absolute Gasteiger partial charge is 0.223 e. The van der Waals surface area contributed by atoms with Crippen LogP contribution in [-0.4, -0.2) is 4.98 Å². The van der Waals surface area contributed by atoms with Crippen molar-refractivity contribution in [1.82, 2.24) is 10.3 Å². The number of nitrogens with one attached hydrogen (secondary N) is 1. The molecule has 3 aromatic rings. The predicted molar refractivity (Wildman–Crippen MR) is 102 cm³/mol. The molecule has 0 aliphatic rings. The second-order valence-corrected chi connectivity index (χ2v) is 6.31. The van der Waals surface area contributed by atoms with Gasteiger partial charge in [-0.15, -0.1) is 0 Å². The summed E-state index contributed by atoms with van der Waals surface area (Å²) in [5.74, 6) is 1.30. The van der Waals surface area contributed by atoms with E-state index >= 15 is 0 Å². The zero-order chi connectivity index (χ0) is 17.6. The van der Waals surface area contributed by atoms with E-state index in [4.69, 9.17) is 22.1 Å². The molecule has 0 atom stereocenters. The average molecular weight is 354 g/mol. The molecule has 0 bridgehead atoms. The second kappa shape index (κ2) is 8.01. The number of hydrogen-bond donors (Lipinski definition) is 2. The number of nitrogens with two attached hydrogens (primary N) is 1. The van der Waals surface area contributed by atoms with Crippen LogP contribution in [0.15, 0.2) is 60.8 Å². The molecule has 0 saturated carbocycles. The molecule has 0 fully saturated rings. The molecule has 0 saturated heterocycles. The number of nitrogen functional groups attached to an aromatic ring is 1. The van der Waals surface area contributed by atoms with E-state index in [9.17, 15) is 0 Å².